The lowest BCUT2D eigenvalue weighted by atomic mass is 10.1. The minimum atomic E-state index is -0.481. The first kappa shape index (κ1) is 20.1. The Morgan fingerprint density at radius 3 is 2.45 bits per heavy atom. The first-order chi connectivity index (χ1) is 14.8. The maximum absolute atomic E-state index is 12.8. The molecule has 2 aromatic carbocycles. The summed E-state index contributed by atoms with van der Waals surface area (Å²) in [5, 5.41) is 0. The summed E-state index contributed by atoms with van der Waals surface area (Å²) < 4.78 is 5.69. The van der Waals surface area contributed by atoms with Gasteiger partial charge in [-0.2, -0.15) is 0 Å². The lowest BCUT2D eigenvalue weighted by molar-refractivity contribution is 0.0220. The summed E-state index contributed by atoms with van der Waals surface area (Å²) in [5.74, 6) is 1.03. The molecule has 0 N–H and O–H groups in total. The van der Waals surface area contributed by atoms with Gasteiger partial charge in [-0.3, -0.25) is 4.79 Å². The summed E-state index contributed by atoms with van der Waals surface area (Å²) in [7, 11) is 0. The summed E-state index contributed by atoms with van der Waals surface area (Å²) in [6, 6.07) is 16.3. The molecule has 2 aromatic rings. The molecule has 0 saturated heterocycles. The van der Waals surface area contributed by atoms with E-state index in [-0.39, 0.29) is 18.0 Å². The van der Waals surface area contributed by atoms with Crippen LogP contribution in [0.3, 0.4) is 0 Å². The van der Waals surface area contributed by atoms with E-state index < -0.39 is 5.60 Å². The van der Waals surface area contributed by atoms with Gasteiger partial charge in [-0.25, -0.2) is 4.79 Å². The maximum atomic E-state index is 12.8. The molecule has 5 rings (SSSR count). The number of nitrogens with zero attached hydrogens (tertiary/aromatic N) is 2. The van der Waals surface area contributed by atoms with Crippen LogP contribution in [0.15, 0.2) is 48.5 Å². The minimum Gasteiger partial charge on any atom is -0.444 e. The summed E-state index contributed by atoms with van der Waals surface area (Å²) in [4.78, 5) is 29.3. The molecule has 2 saturated carbocycles. The average molecular weight is 419 g/mol. The van der Waals surface area contributed by atoms with Crippen molar-refractivity contribution in [3.63, 3.8) is 0 Å². The molecule has 2 aliphatic carbocycles. The zero-order valence-electron chi connectivity index (χ0n) is 18.5. The van der Waals surface area contributed by atoms with Gasteiger partial charge >= 0.3 is 6.09 Å². The van der Waals surface area contributed by atoms with E-state index in [1.54, 1.807) is 0 Å². The number of benzene rings is 2. The second kappa shape index (κ2) is 7.40. The number of hydrogen-bond donors (Lipinski definition) is 0. The molecule has 0 unspecified atom stereocenters. The van der Waals surface area contributed by atoms with Crippen molar-refractivity contribution in [3.8, 4) is 0 Å². The van der Waals surface area contributed by atoms with Crippen LogP contribution in [0.2, 0.25) is 0 Å². The van der Waals surface area contributed by atoms with Crippen molar-refractivity contribution in [1.82, 2.24) is 4.90 Å². The van der Waals surface area contributed by atoms with Gasteiger partial charge in [0.1, 0.15) is 5.60 Å². The van der Waals surface area contributed by atoms with Crippen LogP contribution < -0.4 is 4.90 Å². The first-order valence-corrected chi connectivity index (χ1v) is 11.3. The van der Waals surface area contributed by atoms with E-state index >= 15 is 0 Å². The smallest absolute Gasteiger partial charge is 0.410 e. The fourth-order valence-electron chi connectivity index (χ4n) is 4.49. The quantitative estimate of drug-likeness (QED) is 0.658. The second-order valence-corrected chi connectivity index (χ2v) is 10.1. The van der Waals surface area contributed by atoms with E-state index in [1.807, 2.05) is 67.0 Å². The van der Waals surface area contributed by atoms with E-state index in [1.165, 1.54) is 18.4 Å². The van der Waals surface area contributed by atoms with Crippen LogP contribution in [0.4, 0.5) is 10.5 Å². The van der Waals surface area contributed by atoms with Crippen LogP contribution in [-0.4, -0.2) is 35.1 Å². The van der Waals surface area contributed by atoms with Gasteiger partial charge in [-0.15, -0.1) is 0 Å². The molecule has 0 spiro atoms. The Balaban J connectivity index is 1.27. The lowest BCUT2D eigenvalue weighted by Gasteiger charge is -2.28. The molecule has 3 aliphatic rings. The summed E-state index contributed by atoms with van der Waals surface area (Å²) in [5.41, 5.74) is 3.53. The Bertz CT molecular complexity index is 1000. The van der Waals surface area contributed by atoms with Crippen LogP contribution in [-0.2, 0) is 11.3 Å². The highest BCUT2D eigenvalue weighted by molar-refractivity contribution is 6.09. The van der Waals surface area contributed by atoms with Crippen molar-refractivity contribution in [2.45, 2.75) is 64.1 Å². The third kappa shape index (κ3) is 4.18. The van der Waals surface area contributed by atoms with E-state index in [9.17, 15) is 9.59 Å². The monoisotopic (exact) mass is 418 g/mol. The molecule has 2 fully saturated rings. The SMILES string of the molecule is CC(C)(C)OC(=O)N(CC1CC1)[C@@H]1C[C@H]1c1ccc(N2Cc3ccccc3C2=O)cc1. The van der Waals surface area contributed by atoms with Crippen LogP contribution in [0.25, 0.3) is 0 Å². The zero-order valence-corrected chi connectivity index (χ0v) is 18.5. The van der Waals surface area contributed by atoms with Crippen LogP contribution in [0, 0.1) is 5.92 Å². The van der Waals surface area contributed by atoms with E-state index in [2.05, 4.69) is 12.1 Å². The van der Waals surface area contributed by atoms with E-state index in [4.69, 9.17) is 4.74 Å². The van der Waals surface area contributed by atoms with Gasteiger partial charge < -0.3 is 14.5 Å². The van der Waals surface area contributed by atoms with Crippen molar-refractivity contribution in [2.24, 2.45) is 5.92 Å². The fraction of sp³-hybridized carbons (Fsp3) is 0.462. The number of anilines is 1. The Morgan fingerprint density at radius 1 is 1.10 bits per heavy atom. The van der Waals surface area contributed by atoms with Gasteiger partial charge in [0.25, 0.3) is 5.91 Å². The Labute approximate surface area is 184 Å². The highest BCUT2D eigenvalue weighted by Gasteiger charge is 2.47. The summed E-state index contributed by atoms with van der Waals surface area (Å²) in [6.07, 6.45) is 3.19. The van der Waals surface area contributed by atoms with Gasteiger partial charge in [0, 0.05) is 29.8 Å². The summed E-state index contributed by atoms with van der Waals surface area (Å²) in [6.45, 7) is 7.17. The lowest BCUT2D eigenvalue weighted by Crippen LogP contribution is -2.40. The van der Waals surface area contributed by atoms with E-state index in [0.29, 0.717) is 18.4 Å². The fourth-order valence-corrected chi connectivity index (χ4v) is 4.49. The Kier molecular flexibility index (Phi) is 4.80. The van der Waals surface area contributed by atoms with Crippen molar-refractivity contribution in [1.29, 1.82) is 0 Å². The van der Waals surface area contributed by atoms with Gasteiger partial charge in [0.15, 0.2) is 0 Å². The highest BCUT2D eigenvalue weighted by Crippen LogP contribution is 2.47. The third-order valence-corrected chi connectivity index (χ3v) is 6.39. The first-order valence-electron chi connectivity index (χ1n) is 11.3. The highest BCUT2D eigenvalue weighted by atomic mass is 16.6. The number of carbonyl (C=O) groups is 2. The molecule has 2 amide bonds. The molecule has 1 aliphatic heterocycles. The molecule has 1 heterocycles. The largest absolute Gasteiger partial charge is 0.444 e. The van der Waals surface area contributed by atoms with Gasteiger partial charge in [0.2, 0.25) is 0 Å². The van der Waals surface area contributed by atoms with Crippen molar-refractivity contribution >= 4 is 17.7 Å². The molecule has 5 nitrogen and oxygen atoms in total. The minimum absolute atomic E-state index is 0.0631. The Morgan fingerprint density at radius 2 is 1.81 bits per heavy atom. The Hall–Kier alpha value is -2.82. The predicted octanol–water partition coefficient (Wildman–Crippen LogP) is 5.35. The number of ether oxygens (including phenoxy) is 1. The topological polar surface area (TPSA) is 49.9 Å². The van der Waals surface area contributed by atoms with Crippen molar-refractivity contribution in [2.75, 3.05) is 11.4 Å². The number of rotatable bonds is 5. The average Bonchev–Trinajstić information content (AvgIpc) is 3.64. The standard InChI is InChI=1S/C26H30N2O3/c1-26(2,3)31-25(30)28(15-17-8-9-17)23-14-22(23)18-10-12-20(13-11-18)27-16-19-6-4-5-7-21(19)24(27)29/h4-7,10-13,17,22-23H,8-9,14-16H2,1-3H3/t22-,23+/m0/s1. The number of fused-ring (bicyclic) bond motifs is 1. The number of amides is 2. The molecule has 0 aromatic heterocycles. The van der Waals surface area contributed by atoms with Crippen molar-refractivity contribution < 1.29 is 14.3 Å². The summed E-state index contributed by atoms with van der Waals surface area (Å²) >= 11 is 0. The van der Waals surface area contributed by atoms with Gasteiger partial charge in [-0.05, 0) is 75.3 Å². The second-order valence-electron chi connectivity index (χ2n) is 10.1. The van der Waals surface area contributed by atoms with Gasteiger partial charge in [0.05, 0.1) is 6.54 Å². The molecule has 2 atom stereocenters. The van der Waals surface area contributed by atoms with Gasteiger partial charge in [-0.1, -0.05) is 30.3 Å². The molecule has 31 heavy (non-hydrogen) atoms. The third-order valence-electron chi connectivity index (χ3n) is 6.39. The van der Waals surface area contributed by atoms with Crippen LogP contribution in [0.5, 0.6) is 0 Å². The molecule has 0 radical (unpaired) electrons. The molecule has 5 heteroatoms. The maximum Gasteiger partial charge on any atom is 0.410 e. The predicted molar refractivity (Wildman–Crippen MR) is 120 cm³/mol. The van der Waals surface area contributed by atoms with Crippen LogP contribution >= 0.6 is 0 Å². The van der Waals surface area contributed by atoms with Crippen molar-refractivity contribution in [3.05, 3.63) is 65.2 Å². The normalized spacial score (nSPS) is 22.3. The molecular weight excluding hydrogens is 388 g/mol. The molecule has 0 bridgehead atoms. The van der Waals surface area contributed by atoms with E-state index in [0.717, 1.165) is 29.8 Å². The number of hydrogen-bond acceptors (Lipinski definition) is 3. The van der Waals surface area contributed by atoms with Crippen LogP contribution in [0.1, 0.15) is 67.4 Å². The zero-order chi connectivity index (χ0) is 21.8. The number of carbonyl (C=O) groups excluding carboxylic acids is 2. The molecular formula is C26H30N2O3. The molecule has 162 valence electrons.